The second-order valence-corrected chi connectivity index (χ2v) is 4.28. The third-order valence-corrected chi connectivity index (χ3v) is 3.16. The Kier molecular flexibility index (Phi) is 2.21. The molecular formula is C13H14N4. The van der Waals surface area contributed by atoms with Gasteiger partial charge < -0.3 is 10.2 Å². The maximum absolute atomic E-state index is 4.34. The largest absolute Gasteiger partial charge is 0.366 e. The van der Waals surface area contributed by atoms with Crippen LogP contribution in [0.1, 0.15) is 11.1 Å². The molecule has 3 rings (SSSR count). The van der Waals surface area contributed by atoms with E-state index in [0.717, 1.165) is 12.5 Å². The molecule has 0 bridgehead atoms. The Morgan fingerprint density at radius 3 is 2.76 bits per heavy atom. The molecule has 2 aromatic rings. The maximum Gasteiger partial charge on any atom is 0.153 e. The summed E-state index contributed by atoms with van der Waals surface area (Å²) in [5, 5.41) is 3.37. The molecule has 2 heterocycles. The van der Waals surface area contributed by atoms with Crippen LogP contribution < -0.4 is 10.2 Å². The van der Waals surface area contributed by atoms with Crippen molar-refractivity contribution in [2.75, 3.05) is 16.9 Å². The molecule has 1 aromatic carbocycles. The fourth-order valence-corrected chi connectivity index (χ4v) is 2.05. The van der Waals surface area contributed by atoms with Gasteiger partial charge in [-0.1, -0.05) is 0 Å². The van der Waals surface area contributed by atoms with E-state index < -0.39 is 0 Å². The van der Waals surface area contributed by atoms with Gasteiger partial charge in [-0.05, 0) is 37.1 Å². The Morgan fingerprint density at radius 1 is 1.18 bits per heavy atom. The molecule has 4 nitrogen and oxygen atoms in total. The van der Waals surface area contributed by atoms with Crippen molar-refractivity contribution in [2.45, 2.75) is 13.8 Å². The number of benzene rings is 1. The minimum absolute atomic E-state index is 0.747. The summed E-state index contributed by atoms with van der Waals surface area (Å²) < 4.78 is 0. The van der Waals surface area contributed by atoms with Crippen LogP contribution in [0.3, 0.4) is 0 Å². The highest BCUT2D eigenvalue weighted by molar-refractivity contribution is 5.81. The van der Waals surface area contributed by atoms with Crippen LogP contribution in [0.25, 0.3) is 0 Å². The van der Waals surface area contributed by atoms with Crippen LogP contribution >= 0.6 is 0 Å². The van der Waals surface area contributed by atoms with Crippen molar-refractivity contribution in [3.63, 3.8) is 0 Å². The third-order valence-electron chi connectivity index (χ3n) is 3.16. The average Bonchev–Trinajstić information content (AvgIpc) is 2.74. The molecule has 17 heavy (non-hydrogen) atoms. The summed E-state index contributed by atoms with van der Waals surface area (Å²) in [6.45, 7) is 5.00. The first-order valence-electron chi connectivity index (χ1n) is 5.64. The minimum atomic E-state index is 0.747. The van der Waals surface area contributed by atoms with Gasteiger partial charge in [0.25, 0.3) is 0 Å². The third kappa shape index (κ3) is 1.62. The lowest BCUT2D eigenvalue weighted by atomic mass is 10.1. The topological polar surface area (TPSA) is 41.1 Å². The van der Waals surface area contributed by atoms with Crippen molar-refractivity contribution < 1.29 is 0 Å². The molecule has 0 fully saturated rings. The Morgan fingerprint density at radius 2 is 2.00 bits per heavy atom. The second-order valence-electron chi connectivity index (χ2n) is 4.28. The number of nitrogens with one attached hydrogen (secondary N) is 1. The zero-order valence-electron chi connectivity index (χ0n) is 9.94. The van der Waals surface area contributed by atoms with Crippen molar-refractivity contribution >= 4 is 17.2 Å². The van der Waals surface area contributed by atoms with Crippen molar-refractivity contribution in [3.8, 4) is 0 Å². The van der Waals surface area contributed by atoms with Gasteiger partial charge in [0.05, 0.1) is 24.2 Å². The number of aryl methyl sites for hydroxylation is 2. The van der Waals surface area contributed by atoms with Gasteiger partial charge in [0.15, 0.2) is 5.82 Å². The van der Waals surface area contributed by atoms with E-state index in [2.05, 4.69) is 46.2 Å². The highest BCUT2D eigenvalue weighted by atomic mass is 15.3. The van der Waals surface area contributed by atoms with Crippen LogP contribution in [0.15, 0.2) is 30.7 Å². The van der Waals surface area contributed by atoms with E-state index in [1.165, 1.54) is 22.5 Å². The molecule has 0 saturated carbocycles. The molecule has 86 valence electrons. The van der Waals surface area contributed by atoms with E-state index in [1.54, 1.807) is 18.6 Å². The van der Waals surface area contributed by atoms with E-state index in [9.17, 15) is 0 Å². The lowest BCUT2D eigenvalue weighted by Crippen LogP contribution is -2.17. The Balaban J connectivity index is 2.07. The molecule has 0 spiro atoms. The number of rotatable bonds is 1. The van der Waals surface area contributed by atoms with Gasteiger partial charge in [0.2, 0.25) is 0 Å². The summed E-state index contributed by atoms with van der Waals surface area (Å²) in [5.74, 6) is 0.877. The molecular weight excluding hydrogens is 212 g/mol. The zero-order valence-corrected chi connectivity index (χ0v) is 9.94. The predicted octanol–water partition coefficient (Wildman–Crippen LogP) is 2.61. The van der Waals surface area contributed by atoms with Crippen molar-refractivity contribution in [1.82, 2.24) is 9.97 Å². The summed E-state index contributed by atoms with van der Waals surface area (Å²) in [4.78, 5) is 10.6. The smallest absolute Gasteiger partial charge is 0.153 e. The molecule has 0 aliphatic carbocycles. The van der Waals surface area contributed by atoms with E-state index in [0.29, 0.717) is 0 Å². The highest BCUT2D eigenvalue weighted by Crippen LogP contribution is 2.37. The maximum atomic E-state index is 4.34. The lowest BCUT2D eigenvalue weighted by Gasteiger charge is -2.16. The first-order valence-corrected chi connectivity index (χ1v) is 5.64. The summed E-state index contributed by atoms with van der Waals surface area (Å²) in [7, 11) is 0. The standard InChI is InChI=1S/C13H14N4/c1-9-5-11-12(6-10(9)2)17(8-16-11)13-7-14-3-4-15-13/h3-7,16H,8H2,1-2H3. The van der Waals surface area contributed by atoms with Crippen LogP contribution in [-0.4, -0.2) is 16.6 Å². The van der Waals surface area contributed by atoms with E-state index in [1.807, 2.05) is 0 Å². The number of hydrogen-bond acceptors (Lipinski definition) is 4. The molecule has 1 aliphatic rings. The van der Waals surface area contributed by atoms with Crippen LogP contribution in [0.4, 0.5) is 17.2 Å². The molecule has 4 heteroatoms. The zero-order chi connectivity index (χ0) is 11.8. The molecule has 1 aliphatic heterocycles. The Labute approximate surface area is 100 Å². The summed E-state index contributed by atoms with van der Waals surface area (Å²) >= 11 is 0. The summed E-state index contributed by atoms with van der Waals surface area (Å²) in [6, 6.07) is 4.38. The number of aromatic nitrogens is 2. The number of nitrogens with zero attached hydrogens (tertiary/aromatic N) is 3. The fraction of sp³-hybridized carbons (Fsp3) is 0.231. The SMILES string of the molecule is Cc1cc2c(cc1C)N(c1cnccn1)CN2. The lowest BCUT2D eigenvalue weighted by molar-refractivity contribution is 1.03. The molecule has 0 saturated heterocycles. The van der Waals surface area contributed by atoms with E-state index >= 15 is 0 Å². The van der Waals surface area contributed by atoms with E-state index in [4.69, 9.17) is 0 Å². The van der Waals surface area contributed by atoms with Crippen LogP contribution in [0.2, 0.25) is 0 Å². The molecule has 0 atom stereocenters. The Hall–Kier alpha value is -2.10. The average molecular weight is 226 g/mol. The minimum Gasteiger partial charge on any atom is -0.366 e. The molecule has 1 aromatic heterocycles. The molecule has 0 amide bonds. The first-order chi connectivity index (χ1) is 8.25. The summed E-state index contributed by atoms with van der Waals surface area (Å²) in [5.41, 5.74) is 4.94. The number of anilines is 3. The first kappa shape index (κ1) is 10.1. The van der Waals surface area contributed by atoms with Crippen LogP contribution in [0.5, 0.6) is 0 Å². The van der Waals surface area contributed by atoms with Crippen molar-refractivity contribution in [1.29, 1.82) is 0 Å². The summed E-state index contributed by atoms with van der Waals surface area (Å²) in [6.07, 6.45) is 5.19. The monoisotopic (exact) mass is 226 g/mol. The highest BCUT2D eigenvalue weighted by Gasteiger charge is 2.21. The van der Waals surface area contributed by atoms with Gasteiger partial charge in [-0.15, -0.1) is 0 Å². The second kappa shape index (κ2) is 3.73. The van der Waals surface area contributed by atoms with Crippen LogP contribution in [-0.2, 0) is 0 Å². The van der Waals surface area contributed by atoms with Gasteiger partial charge in [-0.3, -0.25) is 4.98 Å². The number of hydrogen-bond donors (Lipinski definition) is 1. The van der Waals surface area contributed by atoms with E-state index in [-0.39, 0.29) is 0 Å². The predicted molar refractivity (Wildman–Crippen MR) is 68.6 cm³/mol. The quantitative estimate of drug-likeness (QED) is 0.811. The van der Waals surface area contributed by atoms with Gasteiger partial charge in [0, 0.05) is 12.4 Å². The Bertz CT molecular complexity index is 551. The molecule has 0 radical (unpaired) electrons. The van der Waals surface area contributed by atoms with Crippen molar-refractivity contribution in [2.24, 2.45) is 0 Å². The van der Waals surface area contributed by atoms with Gasteiger partial charge >= 0.3 is 0 Å². The van der Waals surface area contributed by atoms with Crippen LogP contribution in [0, 0.1) is 13.8 Å². The van der Waals surface area contributed by atoms with Crippen molar-refractivity contribution in [3.05, 3.63) is 41.9 Å². The van der Waals surface area contributed by atoms with Gasteiger partial charge in [-0.25, -0.2) is 4.98 Å². The van der Waals surface area contributed by atoms with Gasteiger partial charge in [-0.2, -0.15) is 0 Å². The normalized spacial score (nSPS) is 13.4. The van der Waals surface area contributed by atoms with Gasteiger partial charge in [0.1, 0.15) is 0 Å². The fourth-order valence-electron chi connectivity index (χ4n) is 2.05. The molecule has 1 N–H and O–H groups in total. The molecule has 0 unspecified atom stereocenters. The number of fused-ring (bicyclic) bond motifs is 1.